The van der Waals surface area contributed by atoms with Gasteiger partial charge in [0.1, 0.15) is 5.75 Å². The van der Waals surface area contributed by atoms with E-state index in [-0.39, 0.29) is 10.6 Å². The lowest BCUT2D eigenvalue weighted by Crippen LogP contribution is -1.97. The van der Waals surface area contributed by atoms with Gasteiger partial charge < -0.3 is 9.84 Å². The van der Waals surface area contributed by atoms with Gasteiger partial charge in [0, 0.05) is 22.6 Å². The minimum Gasteiger partial charge on any atom is -0.496 e. The summed E-state index contributed by atoms with van der Waals surface area (Å²) in [6.07, 6.45) is 1.51. The van der Waals surface area contributed by atoms with Gasteiger partial charge in [-0.15, -0.1) is 0 Å². The summed E-state index contributed by atoms with van der Waals surface area (Å²) < 4.78 is 5.20. The van der Waals surface area contributed by atoms with E-state index in [1.54, 1.807) is 24.3 Å². The van der Waals surface area contributed by atoms with Crippen molar-refractivity contribution in [3.63, 3.8) is 0 Å². The standard InChI is InChI=1S/C16H13NO5S/c1-22-14-5-3-2-4-11(14)10-15(16(18)19)23-13-8-6-12(7-9-13)17(20)21/h2-10H,1H3,(H,18,19)/b15-10+. The van der Waals surface area contributed by atoms with Crippen LogP contribution in [0.25, 0.3) is 6.08 Å². The van der Waals surface area contributed by atoms with Gasteiger partial charge in [0.2, 0.25) is 0 Å². The van der Waals surface area contributed by atoms with Crippen molar-refractivity contribution in [1.82, 2.24) is 0 Å². The second kappa shape index (κ2) is 7.46. The van der Waals surface area contributed by atoms with Crippen LogP contribution in [0.1, 0.15) is 5.56 Å². The fraction of sp³-hybridized carbons (Fsp3) is 0.0625. The summed E-state index contributed by atoms with van der Waals surface area (Å²) in [5.41, 5.74) is 0.599. The van der Waals surface area contributed by atoms with Crippen LogP contribution in [0, 0.1) is 10.1 Å². The van der Waals surface area contributed by atoms with Crippen molar-refractivity contribution in [3.05, 3.63) is 69.1 Å². The highest BCUT2D eigenvalue weighted by Gasteiger charge is 2.12. The van der Waals surface area contributed by atoms with Gasteiger partial charge >= 0.3 is 5.97 Å². The van der Waals surface area contributed by atoms with Crippen molar-refractivity contribution in [1.29, 1.82) is 0 Å². The number of aliphatic carboxylic acids is 1. The summed E-state index contributed by atoms with van der Waals surface area (Å²) in [5.74, 6) is -0.519. The molecule has 0 saturated carbocycles. The van der Waals surface area contributed by atoms with Crippen LogP contribution in [-0.2, 0) is 4.79 Å². The van der Waals surface area contributed by atoms with Gasteiger partial charge in [-0.1, -0.05) is 30.0 Å². The molecule has 0 fully saturated rings. The van der Waals surface area contributed by atoms with E-state index in [0.29, 0.717) is 16.2 Å². The molecular formula is C16H13NO5S. The van der Waals surface area contributed by atoms with Crippen LogP contribution in [0.3, 0.4) is 0 Å². The van der Waals surface area contributed by atoms with Crippen LogP contribution in [0.4, 0.5) is 5.69 Å². The summed E-state index contributed by atoms with van der Waals surface area (Å²) in [5, 5.41) is 20.0. The van der Waals surface area contributed by atoms with Gasteiger partial charge in [0.25, 0.3) is 5.69 Å². The Hall–Kier alpha value is -2.80. The highest BCUT2D eigenvalue weighted by molar-refractivity contribution is 8.04. The summed E-state index contributed by atoms with van der Waals surface area (Å²) in [7, 11) is 1.51. The number of hydrogen-bond donors (Lipinski definition) is 1. The molecule has 0 spiro atoms. The number of carboxylic acids is 1. The number of carboxylic acid groups (broad SMARTS) is 1. The van der Waals surface area contributed by atoms with E-state index >= 15 is 0 Å². The molecule has 0 radical (unpaired) electrons. The molecule has 2 aromatic rings. The monoisotopic (exact) mass is 331 g/mol. The minimum atomic E-state index is -1.08. The zero-order chi connectivity index (χ0) is 16.8. The number of methoxy groups -OCH3 is 1. The number of thioether (sulfide) groups is 1. The van der Waals surface area contributed by atoms with Gasteiger partial charge in [0.05, 0.1) is 16.9 Å². The van der Waals surface area contributed by atoms with E-state index in [2.05, 4.69) is 0 Å². The number of ether oxygens (including phenoxy) is 1. The van der Waals surface area contributed by atoms with E-state index in [1.807, 2.05) is 0 Å². The van der Waals surface area contributed by atoms with Gasteiger partial charge in [-0.05, 0) is 24.3 Å². The molecule has 0 unspecified atom stereocenters. The average Bonchev–Trinajstić information content (AvgIpc) is 2.55. The first-order valence-electron chi connectivity index (χ1n) is 6.51. The molecule has 118 valence electrons. The molecule has 0 aliphatic heterocycles. The molecule has 0 amide bonds. The van der Waals surface area contributed by atoms with E-state index in [4.69, 9.17) is 4.74 Å². The van der Waals surface area contributed by atoms with E-state index in [0.717, 1.165) is 11.8 Å². The number of carbonyl (C=O) groups is 1. The molecule has 2 rings (SSSR count). The number of hydrogen-bond acceptors (Lipinski definition) is 5. The first-order valence-corrected chi connectivity index (χ1v) is 7.33. The lowest BCUT2D eigenvalue weighted by atomic mass is 10.2. The lowest BCUT2D eigenvalue weighted by molar-refractivity contribution is -0.384. The Morgan fingerprint density at radius 3 is 2.43 bits per heavy atom. The summed E-state index contributed by atoms with van der Waals surface area (Å²) >= 11 is 1.01. The van der Waals surface area contributed by atoms with Gasteiger partial charge in [-0.25, -0.2) is 4.79 Å². The number of nitro groups is 1. The van der Waals surface area contributed by atoms with Crippen molar-refractivity contribution < 1.29 is 19.6 Å². The molecule has 23 heavy (non-hydrogen) atoms. The highest BCUT2D eigenvalue weighted by Crippen LogP contribution is 2.31. The van der Waals surface area contributed by atoms with Crippen molar-refractivity contribution in [2.24, 2.45) is 0 Å². The number of nitrogens with zero attached hydrogens (tertiary/aromatic N) is 1. The smallest absolute Gasteiger partial charge is 0.342 e. The molecule has 0 aromatic heterocycles. The number of nitro benzene ring substituents is 1. The molecule has 0 aliphatic rings. The SMILES string of the molecule is COc1ccccc1/C=C(/Sc1ccc([N+](=O)[O-])cc1)C(=O)O. The van der Waals surface area contributed by atoms with Crippen molar-refractivity contribution in [3.8, 4) is 5.75 Å². The fourth-order valence-corrected chi connectivity index (χ4v) is 2.62. The van der Waals surface area contributed by atoms with Gasteiger partial charge in [-0.3, -0.25) is 10.1 Å². The Morgan fingerprint density at radius 2 is 1.87 bits per heavy atom. The van der Waals surface area contributed by atoms with Gasteiger partial charge in [0.15, 0.2) is 0 Å². The molecule has 0 atom stereocenters. The van der Waals surface area contributed by atoms with Crippen LogP contribution in [0.15, 0.2) is 58.3 Å². The van der Waals surface area contributed by atoms with Crippen LogP contribution < -0.4 is 4.74 Å². The molecular weight excluding hydrogens is 318 g/mol. The van der Waals surface area contributed by atoms with Crippen molar-refractivity contribution in [2.75, 3.05) is 7.11 Å². The predicted molar refractivity (Wildman–Crippen MR) is 87.6 cm³/mol. The Morgan fingerprint density at radius 1 is 1.22 bits per heavy atom. The Bertz CT molecular complexity index is 755. The zero-order valence-electron chi connectivity index (χ0n) is 12.1. The largest absolute Gasteiger partial charge is 0.496 e. The van der Waals surface area contributed by atoms with Crippen LogP contribution in [0.2, 0.25) is 0 Å². The summed E-state index contributed by atoms with van der Waals surface area (Å²) in [6.45, 7) is 0. The van der Waals surface area contributed by atoms with Crippen LogP contribution in [0.5, 0.6) is 5.75 Å². The number of benzene rings is 2. The molecule has 2 aromatic carbocycles. The van der Waals surface area contributed by atoms with Gasteiger partial charge in [-0.2, -0.15) is 0 Å². The Labute approximate surface area is 136 Å². The van der Waals surface area contributed by atoms with Crippen LogP contribution >= 0.6 is 11.8 Å². The lowest BCUT2D eigenvalue weighted by Gasteiger charge is -2.06. The van der Waals surface area contributed by atoms with Crippen molar-refractivity contribution >= 4 is 29.5 Å². The maximum atomic E-state index is 11.4. The molecule has 0 bridgehead atoms. The third-order valence-electron chi connectivity index (χ3n) is 2.91. The normalized spacial score (nSPS) is 11.1. The molecule has 1 N–H and O–H groups in total. The Kier molecular flexibility index (Phi) is 5.37. The third kappa shape index (κ3) is 4.33. The molecule has 7 heteroatoms. The van der Waals surface area contributed by atoms with E-state index in [9.17, 15) is 20.0 Å². The summed E-state index contributed by atoms with van der Waals surface area (Å²) in [4.78, 5) is 22.3. The zero-order valence-corrected chi connectivity index (χ0v) is 12.9. The minimum absolute atomic E-state index is 0.0417. The highest BCUT2D eigenvalue weighted by atomic mass is 32.2. The van der Waals surface area contributed by atoms with Crippen LogP contribution in [-0.4, -0.2) is 23.1 Å². The summed E-state index contributed by atoms with van der Waals surface area (Å²) in [6, 6.07) is 12.8. The maximum absolute atomic E-state index is 11.4. The molecule has 0 heterocycles. The quantitative estimate of drug-likeness (QED) is 0.374. The third-order valence-corrected chi connectivity index (χ3v) is 3.93. The maximum Gasteiger partial charge on any atom is 0.342 e. The Balaban J connectivity index is 2.30. The fourth-order valence-electron chi connectivity index (χ4n) is 1.82. The average molecular weight is 331 g/mol. The number of rotatable bonds is 6. The predicted octanol–water partition coefficient (Wildman–Crippen LogP) is 3.82. The van der Waals surface area contributed by atoms with E-state index < -0.39 is 10.9 Å². The first-order chi connectivity index (χ1) is 11.0. The molecule has 6 nitrogen and oxygen atoms in total. The van der Waals surface area contributed by atoms with E-state index in [1.165, 1.54) is 37.5 Å². The molecule has 0 aliphatic carbocycles. The first kappa shape index (κ1) is 16.6. The number of para-hydroxylation sites is 1. The number of non-ortho nitro benzene ring substituents is 1. The second-order valence-corrected chi connectivity index (χ2v) is 5.52. The second-order valence-electron chi connectivity index (χ2n) is 4.41. The van der Waals surface area contributed by atoms with Crippen molar-refractivity contribution in [2.45, 2.75) is 4.90 Å². The topological polar surface area (TPSA) is 89.7 Å². The molecule has 0 saturated heterocycles.